The first-order valence-corrected chi connectivity index (χ1v) is 7.19. The van der Waals surface area contributed by atoms with Gasteiger partial charge in [-0.15, -0.1) is 0 Å². The van der Waals surface area contributed by atoms with Crippen molar-refractivity contribution in [3.05, 3.63) is 47.9 Å². The molecule has 0 fully saturated rings. The number of carbonyl (C=O) groups excluding carboxylic acids is 2. The van der Waals surface area contributed by atoms with Gasteiger partial charge in [0.25, 0.3) is 5.91 Å². The largest absolute Gasteiger partial charge is 0.465 e. The summed E-state index contributed by atoms with van der Waals surface area (Å²) in [5.74, 6) is -0.462. The third-order valence-electron chi connectivity index (χ3n) is 3.08. The maximum absolute atomic E-state index is 12.2. The molecule has 0 bridgehead atoms. The zero-order valence-corrected chi connectivity index (χ0v) is 13.4. The lowest BCUT2D eigenvalue weighted by molar-refractivity contribution is 0.0602. The van der Waals surface area contributed by atoms with E-state index in [1.165, 1.54) is 19.5 Å². The number of nitrogens with zero attached hydrogens (tertiary/aromatic N) is 2. The van der Waals surface area contributed by atoms with E-state index < -0.39 is 11.9 Å². The van der Waals surface area contributed by atoms with Crippen LogP contribution in [0.1, 0.15) is 20.8 Å². The van der Waals surface area contributed by atoms with E-state index in [1.54, 1.807) is 31.4 Å². The highest BCUT2D eigenvalue weighted by molar-refractivity contribution is 6.06. The zero-order chi connectivity index (χ0) is 17.4. The fourth-order valence-corrected chi connectivity index (χ4v) is 1.88. The Morgan fingerprint density at radius 3 is 2.58 bits per heavy atom. The van der Waals surface area contributed by atoms with Gasteiger partial charge in [0.1, 0.15) is 11.5 Å². The topological polar surface area (TPSA) is 102 Å². The summed E-state index contributed by atoms with van der Waals surface area (Å²) in [4.78, 5) is 32.1. The first-order valence-electron chi connectivity index (χ1n) is 7.19. The van der Waals surface area contributed by atoms with E-state index in [2.05, 4.69) is 25.3 Å². The average molecular weight is 330 g/mol. The number of esters is 1. The van der Waals surface area contributed by atoms with Crippen LogP contribution >= 0.6 is 0 Å². The van der Waals surface area contributed by atoms with Gasteiger partial charge in [0.05, 0.1) is 37.4 Å². The molecule has 1 amide bonds. The van der Waals surface area contributed by atoms with Crippen LogP contribution in [0, 0.1) is 0 Å². The lowest BCUT2D eigenvalue weighted by Crippen LogP contribution is -2.17. The van der Waals surface area contributed by atoms with Crippen LogP contribution in [0.3, 0.4) is 0 Å². The number of benzene rings is 1. The monoisotopic (exact) mass is 330 g/mol. The summed E-state index contributed by atoms with van der Waals surface area (Å²) in [6, 6.07) is 6.56. The number of aromatic nitrogens is 2. The van der Waals surface area contributed by atoms with E-state index in [-0.39, 0.29) is 11.3 Å². The second kappa shape index (κ2) is 8.59. The van der Waals surface area contributed by atoms with Crippen molar-refractivity contribution in [3.8, 4) is 0 Å². The van der Waals surface area contributed by atoms with Crippen LogP contribution < -0.4 is 10.6 Å². The second-order valence-electron chi connectivity index (χ2n) is 4.70. The van der Waals surface area contributed by atoms with E-state index in [1.807, 2.05) is 0 Å². The van der Waals surface area contributed by atoms with Crippen molar-refractivity contribution in [1.29, 1.82) is 0 Å². The zero-order valence-electron chi connectivity index (χ0n) is 13.4. The SMILES string of the molecule is COCCNc1cnc(C(=O)Nc2ccccc2C(=O)OC)cn1. The number of amides is 1. The Bertz CT molecular complexity index is 703. The van der Waals surface area contributed by atoms with Gasteiger partial charge in [-0.05, 0) is 12.1 Å². The number of anilines is 2. The van der Waals surface area contributed by atoms with Crippen molar-refractivity contribution in [2.75, 3.05) is 38.0 Å². The van der Waals surface area contributed by atoms with Gasteiger partial charge < -0.3 is 20.1 Å². The molecule has 126 valence electrons. The van der Waals surface area contributed by atoms with Gasteiger partial charge >= 0.3 is 5.97 Å². The van der Waals surface area contributed by atoms with Crippen molar-refractivity contribution in [2.45, 2.75) is 0 Å². The minimum atomic E-state index is -0.533. The Hall–Kier alpha value is -3.00. The fraction of sp³-hybridized carbons (Fsp3) is 0.250. The number of hydrogen-bond donors (Lipinski definition) is 2. The normalized spacial score (nSPS) is 10.1. The van der Waals surface area contributed by atoms with Crippen LogP contribution in [0.15, 0.2) is 36.7 Å². The second-order valence-corrected chi connectivity index (χ2v) is 4.70. The van der Waals surface area contributed by atoms with Gasteiger partial charge in [0, 0.05) is 13.7 Å². The van der Waals surface area contributed by atoms with Crippen LogP contribution in [-0.2, 0) is 9.47 Å². The number of methoxy groups -OCH3 is 2. The van der Waals surface area contributed by atoms with Gasteiger partial charge in [0.15, 0.2) is 0 Å². The smallest absolute Gasteiger partial charge is 0.339 e. The van der Waals surface area contributed by atoms with E-state index in [0.717, 1.165) is 0 Å². The lowest BCUT2D eigenvalue weighted by atomic mass is 10.1. The van der Waals surface area contributed by atoms with Crippen molar-refractivity contribution in [3.63, 3.8) is 0 Å². The third-order valence-corrected chi connectivity index (χ3v) is 3.08. The van der Waals surface area contributed by atoms with E-state index in [9.17, 15) is 9.59 Å². The Morgan fingerprint density at radius 1 is 1.12 bits per heavy atom. The summed E-state index contributed by atoms with van der Waals surface area (Å²) in [7, 11) is 2.88. The van der Waals surface area contributed by atoms with Gasteiger partial charge in [-0.1, -0.05) is 12.1 Å². The molecule has 0 saturated carbocycles. The summed E-state index contributed by atoms with van der Waals surface area (Å²) < 4.78 is 9.61. The summed E-state index contributed by atoms with van der Waals surface area (Å²) >= 11 is 0. The summed E-state index contributed by atoms with van der Waals surface area (Å²) in [5, 5.41) is 5.63. The first kappa shape index (κ1) is 17.4. The van der Waals surface area contributed by atoms with Gasteiger partial charge in [-0.2, -0.15) is 0 Å². The van der Waals surface area contributed by atoms with Crippen LogP contribution in [0.5, 0.6) is 0 Å². The molecule has 0 radical (unpaired) electrons. The molecule has 1 heterocycles. The minimum Gasteiger partial charge on any atom is -0.465 e. The molecule has 0 aliphatic heterocycles. The Labute approximate surface area is 139 Å². The van der Waals surface area contributed by atoms with Gasteiger partial charge in [-0.3, -0.25) is 4.79 Å². The van der Waals surface area contributed by atoms with Crippen molar-refractivity contribution < 1.29 is 19.1 Å². The molecule has 0 atom stereocenters. The highest BCUT2D eigenvalue weighted by Crippen LogP contribution is 2.16. The standard InChI is InChI=1S/C16H18N4O4/c1-23-8-7-17-14-10-18-13(9-19-14)15(21)20-12-6-4-3-5-11(12)16(22)24-2/h3-6,9-10H,7-8H2,1-2H3,(H,17,19)(H,20,21). The lowest BCUT2D eigenvalue weighted by Gasteiger charge is -2.09. The molecule has 2 N–H and O–H groups in total. The average Bonchev–Trinajstić information content (AvgIpc) is 2.62. The molecule has 8 heteroatoms. The Balaban J connectivity index is 2.06. The Morgan fingerprint density at radius 2 is 1.92 bits per heavy atom. The molecule has 2 rings (SSSR count). The predicted molar refractivity (Wildman–Crippen MR) is 88.1 cm³/mol. The fourth-order valence-electron chi connectivity index (χ4n) is 1.88. The van der Waals surface area contributed by atoms with Gasteiger partial charge in [-0.25, -0.2) is 14.8 Å². The molecule has 2 aromatic rings. The highest BCUT2D eigenvalue weighted by Gasteiger charge is 2.15. The molecule has 24 heavy (non-hydrogen) atoms. The first-order chi connectivity index (χ1) is 11.7. The van der Waals surface area contributed by atoms with E-state index in [4.69, 9.17) is 4.74 Å². The Kier molecular flexibility index (Phi) is 6.21. The molecular formula is C16H18N4O4. The van der Waals surface area contributed by atoms with Crippen molar-refractivity contribution in [1.82, 2.24) is 9.97 Å². The number of nitrogens with one attached hydrogen (secondary N) is 2. The minimum absolute atomic E-state index is 0.131. The molecule has 8 nitrogen and oxygen atoms in total. The molecule has 0 saturated heterocycles. The number of para-hydroxylation sites is 1. The predicted octanol–water partition coefficient (Wildman–Crippen LogP) is 1.57. The maximum Gasteiger partial charge on any atom is 0.339 e. The molecule has 1 aromatic heterocycles. The molecule has 0 aliphatic carbocycles. The number of rotatable bonds is 7. The summed E-state index contributed by atoms with van der Waals surface area (Å²) in [6.07, 6.45) is 2.81. The van der Waals surface area contributed by atoms with Crippen molar-refractivity contribution in [2.24, 2.45) is 0 Å². The van der Waals surface area contributed by atoms with Crippen LogP contribution in [0.4, 0.5) is 11.5 Å². The van der Waals surface area contributed by atoms with Crippen LogP contribution in [0.2, 0.25) is 0 Å². The highest BCUT2D eigenvalue weighted by atomic mass is 16.5. The van der Waals surface area contributed by atoms with Crippen LogP contribution in [-0.4, -0.2) is 49.2 Å². The van der Waals surface area contributed by atoms with E-state index >= 15 is 0 Å². The van der Waals surface area contributed by atoms with E-state index in [0.29, 0.717) is 24.7 Å². The number of ether oxygens (including phenoxy) is 2. The van der Waals surface area contributed by atoms with Gasteiger partial charge in [0.2, 0.25) is 0 Å². The quantitative estimate of drug-likeness (QED) is 0.587. The van der Waals surface area contributed by atoms with Crippen molar-refractivity contribution >= 4 is 23.4 Å². The molecular weight excluding hydrogens is 312 g/mol. The molecule has 1 aromatic carbocycles. The molecule has 0 unspecified atom stereocenters. The summed E-state index contributed by atoms with van der Waals surface area (Å²) in [5.41, 5.74) is 0.740. The number of carbonyl (C=O) groups is 2. The van der Waals surface area contributed by atoms with Crippen LogP contribution in [0.25, 0.3) is 0 Å². The third kappa shape index (κ3) is 4.50. The summed E-state index contributed by atoms with van der Waals surface area (Å²) in [6.45, 7) is 1.12. The number of hydrogen-bond acceptors (Lipinski definition) is 7. The molecule has 0 aliphatic rings. The maximum atomic E-state index is 12.2. The molecule has 0 spiro atoms.